The first kappa shape index (κ1) is 14.0. The van der Waals surface area contributed by atoms with Crippen molar-refractivity contribution >= 4 is 21.6 Å². The van der Waals surface area contributed by atoms with E-state index in [2.05, 4.69) is 30.5 Å². The third-order valence-corrected chi connectivity index (χ3v) is 5.81. The van der Waals surface area contributed by atoms with Crippen LogP contribution in [0.3, 0.4) is 0 Å². The van der Waals surface area contributed by atoms with Crippen LogP contribution in [0.15, 0.2) is 24.3 Å². The molecule has 3 nitrogen and oxygen atoms in total. The number of hydrogen-bond donors (Lipinski definition) is 2. The Bertz CT molecular complexity index is 539. The van der Waals surface area contributed by atoms with Crippen molar-refractivity contribution in [2.24, 2.45) is 11.3 Å². The molecule has 1 saturated carbocycles. The summed E-state index contributed by atoms with van der Waals surface area (Å²) in [5.41, 5.74) is 4.49. The summed E-state index contributed by atoms with van der Waals surface area (Å²) >= 11 is 1.80. The molecule has 108 valence electrons. The first-order valence-electron chi connectivity index (χ1n) is 7.52. The zero-order valence-electron chi connectivity index (χ0n) is 12.1. The summed E-state index contributed by atoms with van der Waals surface area (Å²) < 4.78 is 1.27. The van der Waals surface area contributed by atoms with Gasteiger partial charge in [-0.3, -0.25) is 11.3 Å². The molecule has 0 saturated heterocycles. The van der Waals surface area contributed by atoms with Crippen molar-refractivity contribution in [2.75, 3.05) is 0 Å². The predicted octanol–water partition coefficient (Wildman–Crippen LogP) is 3.64. The van der Waals surface area contributed by atoms with E-state index >= 15 is 0 Å². The van der Waals surface area contributed by atoms with E-state index in [1.165, 1.54) is 41.8 Å². The van der Waals surface area contributed by atoms with Crippen LogP contribution in [0.1, 0.15) is 44.0 Å². The van der Waals surface area contributed by atoms with Gasteiger partial charge in [-0.2, -0.15) is 0 Å². The lowest BCUT2D eigenvalue weighted by Gasteiger charge is -2.40. The number of aromatic nitrogens is 1. The van der Waals surface area contributed by atoms with Crippen molar-refractivity contribution < 1.29 is 0 Å². The summed E-state index contributed by atoms with van der Waals surface area (Å²) in [5, 5.41) is 1.20. The Labute approximate surface area is 124 Å². The highest BCUT2D eigenvalue weighted by Crippen LogP contribution is 2.40. The Morgan fingerprint density at radius 2 is 2.05 bits per heavy atom. The number of rotatable bonds is 4. The van der Waals surface area contributed by atoms with E-state index in [0.717, 1.165) is 11.9 Å². The van der Waals surface area contributed by atoms with Gasteiger partial charge < -0.3 is 0 Å². The molecule has 0 radical (unpaired) electrons. The number of para-hydroxylation sites is 1. The SMILES string of the molecule is CC1(C(Cc2nc3ccccc3s2)NN)CCCCC1. The minimum absolute atomic E-state index is 0.310. The zero-order valence-corrected chi connectivity index (χ0v) is 12.9. The lowest BCUT2D eigenvalue weighted by Crippen LogP contribution is -2.49. The van der Waals surface area contributed by atoms with Gasteiger partial charge >= 0.3 is 0 Å². The Kier molecular flexibility index (Phi) is 4.06. The van der Waals surface area contributed by atoms with Crippen LogP contribution in [0.2, 0.25) is 0 Å². The molecule has 3 rings (SSSR count). The van der Waals surface area contributed by atoms with Crippen molar-refractivity contribution in [1.82, 2.24) is 10.4 Å². The van der Waals surface area contributed by atoms with Gasteiger partial charge in [0, 0.05) is 12.5 Å². The number of benzene rings is 1. The minimum Gasteiger partial charge on any atom is -0.271 e. The fraction of sp³-hybridized carbons (Fsp3) is 0.562. The number of nitrogens with zero attached hydrogens (tertiary/aromatic N) is 1. The van der Waals surface area contributed by atoms with Crippen LogP contribution in [0.4, 0.5) is 0 Å². The third-order valence-electron chi connectivity index (χ3n) is 4.76. The number of thiazole rings is 1. The van der Waals surface area contributed by atoms with Gasteiger partial charge in [0.1, 0.15) is 0 Å². The van der Waals surface area contributed by atoms with Gasteiger partial charge in [-0.1, -0.05) is 38.3 Å². The maximum Gasteiger partial charge on any atom is 0.0954 e. The number of fused-ring (bicyclic) bond motifs is 1. The Hall–Kier alpha value is -0.970. The topological polar surface area (TPSA) is 50.9 Å². The third kappa shape index (κ3) is 2.73. The van der Waals surface area contributed by atoms with Gasteiger partial charge in [0.05, 0.1) is 15.2 Å². The second-order valence-electron chi connectivity index (χ2n) is 6.21. The van der Waals surface area contributed by atoms with Gasteiger partial charge in [0.2, 0.25) is 0 Å². The quantitative estimate of drug-likeness (QED) is 0.667. The molecule has 20 heavy (non-hydrogen) atoms. The number of nitrogens with two attached hydrogens (primary N) is 1. The van der Waals surface area contributed by atoms with Gasteiger partial charge in [-0.25, -0.2) is 4.98 Å². The number of nitrogens with one attached hydrogen (secondary N) is 1. The number of hydrazine groups is 1. The highest BCUT2D eigenvalue weighted by atomic mass is 32.1. The molecule has 1 fully saturated rings. The monoisotopic (exact) mass is 289 g/mol. The van der Waals surface area contributed by atoms with Crippen LogP contribution >= 0.6 is 11.3 Å². The van der Waals surface area contributed by atoms with E-state index in [0.29, 0.717) is 11.5 Å². The summed E-state index contributed by atoms with van der Waals surface area (Å²) in [5.74, 6) is 5.86. The van der Waals surface area contributed by atoms with Gasteiger partial charge in [0.25, 0.3) is 0 Å². The summed E-state index contributed by atoms with van der Waals surface area (Å²) in [4.78, 5) is 4.75. The van der Waals surface area contributed by atoms with Crippen molar-refractivity contribution in [3.63, 3.8) is 0 Å². The van der Waals surface area contributed by atoms with Gasteiger partial charge in [-0.05, 0) is 30.4 Å². The fourth-order valence-electron chi connectivity index (χ4n) is 3.40. The molecule has 2 aromatic rings. The molecule has 3 N–H and O–H groups in total. The molecule has 1 aliphatic carbocycles. The predicted molar refractivity (Wildman–Crippen MR) is 85.6 cm³/mol. The molecule has 1 atom stereocenters. The molecule has 1 unspecified atom stereocenters. The van der Waals surface area contributed by atoms with Gasteiger partial charge in [0.15, 0.2) is 0 Å². The van der Waals surface area contributed by atoms with Crippen molar-refractivity contribution in [2.45, 2.75) is 51.5 Å². The summed E-state index contributed by atoms with van der Waals surface area (Å²) in [6.45, 7) is 2.38. The summed E-state index contributed by atoms with van der Waals surface area (Å²) in [7, 11) is 0. The standard InChI is InChI=1S/C16H23N3S/c1-16(9-5-2-6-10-16)14(19-17)11-15-18-12-7-3-4-8-13(12)20-15/h3-4,7-8,14,19H,2,5-6,9-11,17H2,1H3. The van der Waals surface area contributed by atoms with E-state index < -0.39 is 0 Å². The Morgan fingerprint density at radius 1 is 1.30 bits per heavy atom. The van der Waals surface area contributed by atoms with E-state index in [9.17, 15) is 0 Å². The average molecular weight is 289 g/mol. The molecule has 0 aliphatic heterocycles. The van der Waals surface area contributed by atoms with Crippen molar-refractivity contribution in [1.29, 1.82) is 0 Å². The van der Waals surface area contributed by atoms with Crippen LogP contribution in [0.25, 0.3) is 10.2 Å². The highest BCUT2D eigenvalue weighted by Gasteiger charge is 2.35. The maximum atomic E-state index is 5.86. The van der Waals surface area contributed by atoms with Crippen LogP contribution in [0, 0.1) is 5.41 Å². The molecule has 1 aromatic heterocycles. The molecule has 0 spiro atoms. The molecule has 1 aromatic carbocycles. The van der Waals surface area contributed by atoms with E-state index in [4.69, 9.17) is 10.8 Å². The van der Waals surface area contributed by atoms with Crippen molar-refractivity contribution in [3.8, 4) is 0 Å². The van der Waals surface area contributed by atoms with Crippen LogP contribution < -0.4 is 11.3 Å². The second kappa shape index (κ2) is 5.80. The highest BCUT2D eigenvalue weighted by molar-refractivity contribution is 7.18. The minimum atomic E-state index is 0.310. The van der Waals surface area contributed by atoms with Crippen LogP contribution in [-0.2, 0) is 6.42 Å². The molecule has 4 heteroatoms. The lowest BCUT2D eigenvalue weighted by atomic mass is 9.70. The summed E-state index contributed by atoms with van der Waals surface area (Å²) in [6, 6.07) is 8.67. The van der Waals surface area contributed by atoms with Crippen LogP contribution in [0.5, 0.6) is 0 Å². The summed E-state index contributed by atoms with van der Waals surface area (Å²) in [6.07, 6.45) is 7.50. The first-order valence-corrected chi connectivity index (χ1v) is 8.33. The smallest absolute Gasteiger partial charge is 0.0954 e. The average Bonchev–Trinajstić information content (AvgIpc) is 2.88. The van der Waals surface area contributed by atoms with Crippen molar-refractivity contribution in [3.05, 3.63) is 29.3 Å². The molecule has 0 bridgehead atoms. The Balaban J connectivity index is 1.80. The van der Waals surface area contributed by atoms with E-state index in [1.54, 1.807) is 11.3 Å². The molecular weight excluding hydrogens is 266 g/mol. The Morgan fingerprint density at radius 3 is 2.75 bits per heavy atom. The first-order chi connectivity index (χ1) is 9.71. The fourth-order valence-corrected chi connectivity index (χ4v) is 4.41. The second-order valence-corrected chi connectivity index (χ2v) is 7.33. The zero-order chi connectivity index (χ0) is 14.0. The van der Waals surface area contributed by atoms with Crippen LogP contribution in [-0.4, -0.2) is 11.0 Å². The molecule has 1 heterocycles. The largest absolute Gasteiger partial charge is 0.271 e. The normalized spacial score (nSPS) is 20.1. The molecular formula is C16H23N3S. The molecule has 0 amide bonds. The molecule has 1 aliphatic rings. The number of hydrogen-bond acceptors (Lipinski definition) is 4. The van der Waals surface area contributed by atoms with E-state index in [-0.39, 0.29) is 0 Å². The van der Waals surface area contributed by atoms with Gasteiger partial charge in [-0.15, -0.1) is 11.3 Å². The lowest BCUT2D eigenvalue weighted by molar-refractivity contribution is 0.144. The van der Waals surface area contributed by atoms with E-state index in [1.807, 2.05) is 6.07 Å². The maximum absolute atomic E-state index is 5.86.